The highest BCUT2D eigenvalue weighted by atomic mass is 127. The van der Waals surface area contributed by atoms with Crippen LogP contribution in [-0.4, -0.2) is 37.2 Å². The van der Waals surface area contributed by atoms with Gasteiger partial charge in [0, 0.05) is 9.26 Å². The maximum atomic E-state index is 11.3. The molecule has 88 valence electrons. The number of anilines is 1. The Morgan fingerprint density at radius 3 is 2.69 bits per heavy atom. The van der Waals surface area contributed by atoms with Gasteiger partial charge in [-0.15, -0.1) is 0 Å². The van der Waals surface area contributed by atoms with Gasteiger partial charge in [0.1, 0.15) is 0 Å². The molecule has 1 aliphatic heterocycles. The fourth-order valence-electron chi connectivity index (χ4n) is 1.76. The second-order valence-corrected chi connectivity index (χ2v) is 7.30. The molecule has 6 heteroatoms. The number of nitrogens with one attached hydrogen (secondary N) is 1. The van der Waals surface area contributed by atoms with Gasteiger partial charge in [-0.2, -0.15) is 0 Å². The number of sulfone groups is 1. The van der Waals surface area contributed by atoms with Gasteiger partial charge < -0.3 is 10.4 Å². The van der Waals surface area contributed by atoms with Crippen molar-refractivity contribution in [3.63, 3.8) is 0 Å². The van der Waals surface area contributed by atoms with Crippen LogP contribution < -0.4 is 5.32 Å². The molecule has 2 N–H and O–H groups in total. The summed E-state index contributed by atoms with van der Waals surface area (Å²) < 4.78 is 23.7. The molecule has 0 spiro atoms. The lowest BCUT2D eigenvalue weighted by atomic mass is 10.2. The Labute approximate surface area is 108 Å². The Morgan fingerprint density at radius 2 is 2.12 bits per heavy atom. The van der Waals surface area contributed by atoms with Crippen LogP contribution in [0.15, 0.2) is 24.3 Å². The number of halogens is 1. The summed E-state index contributed by atoms with van der Waals surface area (Å²) in [7, 11) is -3.09. The van der Waals surface area contributed by atoms with Gasteiger partial charge in [-0.05, 0) is 40.8 Å². The summed E-state index contributed by atoms with van der Waals surface area (Å²) in [4.78, 5) is 0. The molecule has 0 bridgehead atoms. The van der Waals surface area contributed by atoms with Crippen LogP contribution in [0.1, 0.15) is 0 Å². The van der Waals surface area contributed by atoms with Gasteiger partial charge >= 0.3 is 0 Å². The van der Waals surface area contributed by atoms with E-state index in [4.69, 9.17) is 0 Å². The van der Waals surface area contributed by atoms with Gasteiger partial charge in [-0.3, -0.25) is 0 Å². The first-order chi connectivity index (χ1) is 7.46. The van der Waals surface area contributed by atoms with E-state index in [-0.39, 0.29) is 11.5 Å². The van der Waals surface area contributed by atoms with Gasteiger partial charge in [0.2, 0.25) is 0 Å². The van der Waals surface area contributed by atoms with Crippen molar-refractivity contribution in [3.8, 4) is 0 Å². The Hall–Kier alpha value is -0.340. The van der Waals surface area contributed by atoms with Gasteiger partial charge in [-0.1, -0.05) is 6.07 Å². The van der Waals surface area contributed by atoms with Crippen molar-refractivity contribution < 1.29 is 13.5 Å². The van der Waals surface area contributed by atoms with Gasteiger partial charge in [-0.25, -0.2) is 8.42 Å². The van der Waals surface area contributed by atoms with Gasteiger partial charge in [0.05, 0.1) is 23.7 Å². The van der Waals surface area contributed by atoms with Gasteiger partial charge in [0.25, 0.3) is 0 Å². The van der Waals surface area contributed by atoms with E-state index in [1.54, 1.807) is 0 Å². The number of hydrogen-bond acceptors (Lipinski definition) is 4. The molecular formula is C10H12INO3S. The number of benzene rings is 1. The molecule has 1 aliphatic rings. The molecule has 1 fully saturated rings. The Bertz CT molecular complexity index is 489. The van der Waals surface area contributed by atoms with Crippen LogP contribution in [0.25, 0.3) is 0 Å². The molecule has 0 radical (unpaired) electrons. The van der Waals surface area contributed by atoms with E-state index >= 15 is 0 Å². The summed E-state index contributed by atoms with van der Waals surface area (Å²) in [6, 6.07) is 7.22. The summed E-state index contributed by atoms with van der Waals surface area (Å²) in [5.74, 6) is -0.145. The van der Waals surface area contributed by atoms with Crippen LogP contribution in [0.4, 0.5) is 5.69 Å². The fraction of sp³-hybridized carbons (Fsp3) is 0.400. The lowest BCUT2D eigenvalue weighted by molar-refractivity contribution is 0.190. The van der Waals surface area contributed by atoms with Crippen LogP contribution >= 0.6 is 22.6 Å². The number of aliphatic hydroxyl groups is 1. The number of aliphatic hydroxyl groups excluding tert-OH is 1. The molecule has 0 aromatic heterocycles. The molecule has 16 heavy (non-hydrogen) atoms. The highest BCUT2D eigenvalue weighted by Gasteiger charge is 2.36. The summed E-state index contributed by atoms with van der Waals surface area (Å²) in [5.41, 5.74) is 0.841. The monoisotopic (exact) mass is 353 g/mol. The maximum absolute atomic E-state index is 11.3. The molecule has 0 aliphatic carbocycles. The van der Waals surface area contributed by atoms with E-state index in [9.17, 15) is 13.5 Å². The van der Waals surface area contributed by atoms with E-state index in [1.165, 1.54) is 0 Å². The van der Waals surface area contributed by atoms with Crippen LogP contribution in [0.2, 0.25) is 0 Å². The molecule has 2 rings (SSSR count). The van der Waals surface area contributed by atoms with E-state index in [0.29, 0.717) is 0 Å². The summed E-state index contributed by atoms with van der Waals surface area (Å²) >= 11 is 2.18. The van der Waals surface area contributed by atoms with Crippen LogP contribution in [0, 0.1) is 3.57 Å². The van der Waals surface area contributed by atoms with Crippen molar-refractivity contribution in [3.05, 3.63) is 27.8 Å². The van der Waals surface area contributed by atoms with Crippen LogP contribution in [0.3, 0.4) is 0 Å². The highest BCUT2D eigenvalue weighted by Crippen LogP contribution is 2.19. The zero-order valence-electron chi connectivity index (χ0n) is 8.43. The van der Waals surface area contributed by atoms with Crippen molar-refractivity contribution in [2.75, 3.05) is 16.8 Å². The summed E-state index contributed by atoms with van der Waals surface area (Å²) in [6.07, 6.45) is -0.817. The Morgan fingerprint density at radius 1 is 1.38 bits per heavy atom. The Kier molecular flexibility index (Phi) is 3.41. The minimum Gasteiger partial charge on any atom is -0.390 e. The standard InChI is InChI=1S/C10H12INO3S/c11-7-2-1-3-8(4-7)12-9-5-16(14,15)6-10(9)13/h1-4,9-10,12-13H,5-6H2. The van der Waals surface area contributed by atoms with Crippen molar-refractivity contribution in [1.29, 1.82) is 0 Å². The predicted molar refractivity (Wildman–Crippen MR) is 71.2 cm³/mol. The predicted octanol–water partition coefficient (Wildman–Crippen LogP) is 0.861. The van der Waals surface area contributed by atoms with Gasteiger partial charge in [0.15, 0.2) is 9.84 Å². The van der Waals surface area contributed by atoms with Crippen LogP contribution in [0.5, 0.6) is 0 Å². The second-order valence-electron chi connectivity index (χ2n) is 3.91. The molecule has 1 aromatic rings. The zero-order chi connectivity index (χ0) is 11.8. The minimum atomic E-state index is -3.09. The smallest absolute Gasteiger partial charge is 0.155 e. The lowest BCUT2D eigenvalue weighted by Crippen LogP contribution is -2.31. The minimum absolute atomic E-state index is 0.000357. The van der Waals surface area contributed by atoms with Crippen molar-refractivity contribution in [1.82, 2.24) is 0 Å². The molecule has 1 saturated heterocycles. The maximum Gasteiger partial charge on any atom is 0.155 e. The zero-order valence-corrected chi connectivity index (χ0v) is 11.4. The molecule has 0 amide bonds. The second kappa shape index (κ2) is 4.50. The topological polar surface area (TPSA) is 66.4 Å². The van der Waals surface area contributed by atoms with E-state index in [1.807, 2.05) is 24.3 Å². The Balaban J connectivity index is 2.11. The average molecular weight is 353 g/mol. The average Bonchev–Trinajstić information content (AvgIpc) is 2.39. The molecule has 4 nitrogen and oxygen atoms in total. The quantitative estimate of drug-likeness (QED) is 0.775. The third kappa shape index (κ3) is 2.86. The fourth-order valence-corrected chi connectivity index (χ4v) is 4.04. The number of hydrogen-bond donors (Lipinski definition) is 2. The lowest BCUT2D eigenvalue weighted by Gasteiger charge is -2.16. The van der Waals surface area contributed by atoms with Crippen LogP contribution in [-0.2, 0) is 9.84 Å². The molecular weight excluding hydrogens is 341 g/mol. The van der Waals surface area contributed by atoms with Crippen molar-refractivity contribution in [2.45, 2.75) is 12.1 Å². The first kappa shape index (κ1) is 12.1. The third-order valence-corrected chi connectivity index (χ3v) is 4.89. The highest BCUT2D eigenvalue weighted by molar-refractivity contribution is 14.1. The summed E-state index contributed by atoms with van der Waals surface area (Å²) in [6.45, 7) is 0. The molecule has 2 atom stereocenters. The van der Waals surface area contributed by atoms with Crippen molar-refractivity contribution >= 4 is 38.1 Å². The normalized spacial score (nSPS) is 27.9. The summed E-state index contributed by atoms with van der Waals surface area (Å²) in [5, 5.41) is 12.7. The SMILES string of the molecule is O=S1(=O)CC(O)C(Nc2cccc(I)c2)C1. The molecule has 0 saturated carbocycles. The molecule has 1 aromatic carbocycles. The van der Waals surface area contributed by atoms with E-state index in [0.717, 1.165) is 9.26 Å². The van der Waals surface area contributed by atoms with Crippen molar-refractivity contribution in [2.24, 2.45) is 0 Å². The molecule has 2 unspecified atom stereocenters. The van der Waals surface area contributed by atoms with E-state index < -0.39 is 22.0 Å². The largest absolute Gasteiger partial charge is 0.390 e. The third-order valence-electron chi connectivity index (χ3n) is 2.50. The first-order valence-electron chi connectivity index (χ1n) is 4.87. The number of rotatable bonds is 2. The first-order valence-corrected chi connectivity index (χ1v) is 7.77. The molecule has 1 heterocycles. The van der Waals surface area contributed by atoms with E-state index in [2.05, 4.69) is 27.9 Å².